The highest BCUT2D eigenvalue weighted by Crippen LogP contribution is 2.07. The number of carbonyl (C=O) groups is 1. The van der Waals surface area contributed by atoms with E-state index in [0.717, 1.165) is 31.4 Å². The van der Waals surface area contributed by atoms with Gasteiger partial charge in [-0.2, -0.15) is 5.26 Å². The number of benzene rings is 1. The van der Waals surface area contributed by atoms with Crippen molar-refractivity contribution in [3.63, 3.8) is 0 Å². The zero-order valence-electron chi connectivity index (χ0n) is 11.1. The van der Waals surface area contributed by atoms with Gasteiger partial charge in [0.2, 0.25) is 5.91 Å². The molecule has 0 aromatic heterocycles. The Kier molecular flexibility index (Phi) is 5.93. The minimum atomic E-state index is 0.188. The van der Waals surface area contributed by atoms with Crippen LogP contribution in [0, 0.1) is 11.3 Å². The molecule has 1 rings (SSSR count). The molecule has 0 aliphatic rings. The second-order valence-electron chi connectivity index (χ2n) is 4.48. The van der Waals surface area contributed by atoms with Crippen LogP contribution in [-0.4, -0.2) is 24.4 Å². The Hall–Kier alpha value is -1.82. The summed E-state index contributed by atoms with van der Waals surface area (Å²) in [4.78, 5) is 13.6. The van der Waals surface area contributed by atoms with Gasteiger partial charge >= 0.3 is 0 Å². The van der Waals surface area contributed by atoms with E-state index in [9.17, 15) is 4.79 Å². The van der Waals surface area contributed by atoms with E-state index < -0.39 is 0 Å². The molecule has 0 spiro atoms. The van der Waals surface area contributed by atoms with E-state index in [1.54, 1.807) is 17.0 Å². The first-order chi connectivity index (χ1) is 8.67. The maximum atomic E-state index is 11.8. The van der Waals surface area contributed by atoms with Crippen molar-refractivity contribution >= 4 is 5.91 Å². The molecule has 96 valence electrons. The summed E-state index contributed by atoms with van der Waals surface area (Å²) in [5.74, 6) is 0.188. The van der Waals surface area contributed by atoms with Gasteiger partial charge in [0.25, 0.3) is 0 Å². The Morgan fingerprint density at radius 1 is 1.33 bits per heavy atom. The van der Waals surface area contributed by atoms with Crippen LogP contribution in [0.15, 0.2) is 24.3 Å². The monoisotopic (exact) mass is 244 g/mol. The van der Waals surface area contributed by atoms with Crippen LogP contribution in [0.5, 0.6) is 0 Å². The van der Waals surface area contributed by atoms with E-state index in [0.29, 0.717) is 12.0 Å². The molecular formula is C15H20N2O. The number of aryl methyl sites for hydroxylation is 1. The quantitative estimate of drug-likeness (QED) is 0.772. The van der Waals surface area contributed by atoms with Gasteiger partial charge in [0.05, 0.1) is 11.6 Å². The average Bonchev–Trinajstić information content (AvgIpc) is 2.42. The highest BCUT2D eigenvalue weighted by molar-refractivity contribution is 5.76. The van der Waals surface area contributed by atoms with Crippen molar-refractivity contribution in [1.82, 2.24) is 4.90 Å². The summed E-state index contributed by atoms with van der Waals surface area (Å²) < 4.78 is 0. The second-order valence-corrected chi connectivity index (χ2v) is 4.48. The van der Waals surface area contributed by atoms with Crippen LogP contribution >= 0.6 is 0 Å². The first-order valence-corrected chi connectivity index (χ1v) is 6.40. The van der Waals surface area contributed by atoms with E-state index in [2.05, 4.69) is 13.0 Å². The summed E-state index contributed by atoms with van der Waals surface area (Å²) in [5.41, 5.74) is 1.76. The van der Waals surface area contributed by atoms with Crippen molar-refractivity contribution in [1.29, 1.82) is 5.26 Å². The summed E-state index contributed by atoms with van der Waals surface area (Å²) in [6, 6.07) is 9.50. The number of hydrogen-bond donors (Lipinski definition) is 0. The van der Waals surface area contributed by atoms with E-state index in [1.165, 1.54) is 0 Å². The second kappa shape index (κ2) is 7.50. The van der Waals surface area contributed by atoms with Gasteiger partial charge in [0.1, 0.15) is 0 Å². The van der Waals surface area contributed by atoms with E-state index in [-0.39, 0.29) is 5.91 Å². The Labute approximate surface area is 109 Å². The lowest BCUT2D eigenvalue weighted by Crippen LogP contribution is -2.27. The summed E-state index contributed by atoms with van der Waals surface area (Å²) in [7, 11) is 1.86. The number of rotatable bonds is 6. The molecule has 1 aromatic rings. The van der Waals surface area contributed by atoms with Gasteiger partial charge in [-0.1, -0.05) is 25.5 Å². The molecule has 0 aliphatic heterocycles. The lowest BCUT2D eigenvalue weighted by Gasteiger charge is -2.16. The Bertz CT molecular complexity index is 417. The van der Waals surface area contributed by atoms with Crippen molar-refractivity contribution in [2.75, 3.05) is 13.6 Å². The van der Waals surface area contributed by atoms with Gasteiger partial charge < -0.3 is 4.90 Å². The molecule has 0 bridgehead atoms. The van der Waals surface area contributed by atoms with Crippen molar-refractivity contribution in [3.05, 3.63) is 35.4 Å². The van der Waals surface area contributed by atoms with Crippen LogP contribution in [0.2, 0.25) is 0 Å². The fraction of sp³-hybridized carbons (Fsp3) is 0.467. The molecule has 0 saturated carbocycles. The molecule has 0 unspecified atom stereocenters. The largest absolute Gasteiger partial charge is 0.346 e. The summed E-state index contributed by atoms with van der Waals surface area (Å²) in [6.07, 6.45) is 3.43. The predicted octanol–water partition coefficient (Wildman–Crippen LogP) is 2.75. The normalized spacial score (nSPS) is 9.83. The van der Waals surface area contributed by atoms with Crippen LogP contribution in [-0.2, 0) is 11.2 Å². The molecule has 1 amide bonds. The Balaban J connectivity index is 2.39. The Morgan fingerprint density at radius 3 is 2.56 bits per heavy atom. The first kappa shape index (κ1) is 14.2. The van der Waals surface area contributed by atoms with Crippen LogP contribution in [0.25, 0.3) is 0 Å². The van der Waals surface area contributed by atoms with Crippen molar-refractivity contribution in [2.24, 2.45) is 0 Å². The maximum Gasteiger partial charge on any atom is 0.222 e. The van der Waals surface area contributed by atoms with Crippen LogP contribution in [0.3, 0.4) is 0 Å². The molecule has 0 N–H and O–H groups in total. The molecule has 18 heavy (non-hydrogen) atoms. The standard InChI is InChI=1S/C15H20N2O/c1-3-4-11-17(2)15(18)10-9-13-5-7-14(12-16)8-6-13/h5-8H,3-4,9-11H2,1-2H3. The van der Waals surface area contributed by atoms with Gasteiger partial charge in [0, 0.05) is 20.0 Å². The van der Waals surface area contributed by atoms with Crippen LogP contribution in [0.1, 0.15) is 37.3 Å². The molecule has 0 aliphatic carbocycles. The summed E-state index contributed by atoms with van der Waals surface area (Å²) in [5, 5.41) is 8.69. The molecule has 0 fully saturated rings. The van der Waals surface area contributed by atoms with Gasteiger partial charge in [-0.15, -0.1) is 0 Å². The van der Waals surface area contributed by atoms with E-state index in [1.807, 2.05) is 19.2 Å². The molecular weight excluding hydrogens is 224 g/mol. The maximum absolute atomic E-state index is 11.8. The van der Waals surface area contributed by atoms with Crippen LogP contribution < -0.4 is 0 Å². The van der Waals surface area contributed by atoms with Crippen molar-refractivity contribution < 1.29 is 4.79 Å². The third-order valence-electron chi connectivity index (χ3n) is 2.98. The third kappa shape index (κ3) is 4.58. The fourth-order valence-electron chi connectivity index (χ4n) is 1.71. The smallest absolute Gasteiger partial charge is 0.222 e. The van der Waals surface area contributed by atoms with Crippen LogP contribution in [0.4, 0.5) is 0 Å². The number of hydrogen-bond acceptors (Lipinski definition) is 2. The predicted molar refractivity (Wildman–Crippen MR) is 72.0 cm³/mol. The summed E-state index contributed by atoms with van der Waals surface area (Å²) in [6.45, 7) is 2.96. The zero-order chi connectivity index (χ0) is 13.4. The molecule has 0 radical (unpaired) electrons. The fourth-order valence-corrected chi connectivity index (χ4v) is 1.71. The molecule has 0 heterocycles. The number of amides is 1. The van der Waals surface area contributed by atoms with Gasteiger partial charge in [-0.25, -0.2) is 0 Å². The minimum Gasteiger partial charge on any atom is -0.346 e. The molecule has 1 aromatic carbocycles. The molecule has 3 heteroatoms. The minimum absolute atomic E-state index is 0.188. The Morgan fingerprint density at radius 2 is 2.00 bits per heavy atom. The highest BCUT2D eigenvalue weighted by atomic mass is 16.2. The lowest BCUT2D eigenvalue weighted by molar-refractivity contribution is -0.129. The van der Waals surface area contributed by atoms with Gasteiger partial charge in [-0.05, 0) is 30.5 Å². The summed E-state index contributed by atoms with van der Waals surface area (Å²) >= 11 is 0. The average molecular weight is 244 g/mol. The highest BCUT2D eigenvalue weighted by Gasteiger charge is 2.07. The first-order valence-electron chi connectivity index (χ1n) is 6.40. The number of nitriles is 1. The van der Waals surface area contributed by atoms with Gasteiger partial charge in [0.15, 0.2) is 0 Å². The third-order valence-corrected chi connectivity index (χ3v) is 2.98. The van der Waals surface area contributed by atoms with Crippen molar-refractivity contribution in [2.45, 2.75) is 32.6 Å². The molecule has 3 nitrogen and oxygen atoms in total. The number of nitrogens with zero attached hydrogens (tertiary/aromatic N) is 2. The lowest BCUT2D eigenvalue weighted by atomic mass is 10.1. The SMILES string of the molecule is CCCCN(C)C(=O)CCc1ccc(C#N)cc1. The van der Waals surface area contributed by atoms with E-state index >= 15 is 0 Å². The number of unbranched alkanes of at least 4 members (excludes halogenated alkanes) is 1. The van der Waals surface area contributed by atoms with Gasteiger partial charge in [-0.3, -0.25) is 4.79 Å². The zero-order valence-corrected chi connectivity index (χ0v) is 11.1. The molecule has 0 atom stereocenters. The van der Waals surface area contributed by atoms with Crippen molar-refractivity contribution in [3.8, 4) is 6.07 Å². The molecule has 0 saturated heterocycles. The van der Waals surface area contributed by atoms with E-state index in [4.69, 9.17) is 5.26 Å². The topological polar surface area (TPSA) is 44.1 Å². The number of carbonyl (C=O) groups excluding carboxylic acids is 1.